The number of rotatable bonds is 4. The highest BCUT2D eigenvalue weighted by atomic mass is 32.2. The average Bonchev–Trinajstić information content (AvgIpc) is 3.18. The van der Waals surface area contributed by atoms with Crippen LogP contribution >= 0.6 is 23.7 Å². The van der Waals surface area contributed by atoms with E-state index in [0.29, 0.717) is 16.6 Å². The van der Waals surface area contributed by atoms with Crippen LogP contribution in [0.25, 0.3) is 27.8 Å². The molecule has 0 aliphatic heterocycles. The summed E-state index contributed by atoms with van der Waals surface area (Å²) < 4.78 is 43.6. The molecule has 24 heavy (non-hydrogen) atoms. The minimum absolute atomic E-state index is 0.0298. The van der Waals surface area contributed by atoms with Crippen molar-refractivity contribution >= 4 is 46.9 Å². The summed E-state index contributed by atoms with van der Waals surface area (Å²) in [6.45, 7) is 0. The van der Waals surface area contributed by atoms with E-state index >= 15 is 0 Å². The first-order valence-electron chi connectivity index (χ1n) is 6.28. The number of aromatic nitrogens is 4. The first-order valence-corrected chi connectivity index (χ1v) is 7.77. The van der Waals surface area contributed by atoms with E-state index in [2.05, 4.69) is 19.7 Å². The van der Waals surface area contributed by atoms with Gasteiger partial charge in [0.1, 0.15) is 11.2 Å². The van der Waals surface area contributed by atoms with Gasteiger partial charge in [-0.15, -0.1) is 15.2 Å². The number of hydrogen-bond donors (Lipinski definition) is 0. The maximum atomic E-state index is 12.9. The van der Waals surface area contributed by atoms with Crippen molar-refractivity contribution in [3.63, 3.8) is 0 Å². The lowest BCUT2D eigenvalue weighted by Crippen LogP contribution is -1.98. The zero-order valence-electron chi connectivity index (χ0n) is 11.9. The van der Waals surface area contributed by atoms with Crippen LogP contribution in [0.5, 0.6) is 0 Å². The minimum Gasteiger partial charge on any atom is -0.464 e. The number of esters is 1. The van der Waals surface area contributed by atoms with Gasteiger partial charge in [0.05, 0.1) is 18.2 Å². The first-order chi connectivity index (χ1) is 11.5. The summed E-state index contributed by atoms with van der Waals surface area (Å²) in [6.07, 6.45) is 2.57. The van der Waals surface area contributed by atoms with Crippen LogP contribution in [0.1, 0.15) is 15.4 Å². The number of fused-ring (bicyclic) bond motifs is 1. The molecule has 0 spiro atoms. The molecule has 3 aromatic rings. The Bertz CT molecular complexity index is 950. The van der Waals surface area contributed by atoms with Gasteiger partial charge in [-0.3, -0.25) is 0 Å². The molecule has 0 fully saturated rings. The predicted molar refractivity (Wildman–Crippen MR) is 84.3 cm³/mol. The topological polar surface area (TPSA) is 69.9 Å². The summed E-state index contributed by atoms with van der Waals surface area (Å²) in [4.78, 5) is 24.2. The van der Waals surface area contributed by atoms with E-state index in [9.17, 15) is 17.5 Å². The number of carbonyl (C=O) groups excluding carboxylic acids is 1. The Labute approximate surface area is 141 Å². The number of hydrogen-bond acceptors (Lipinski definition) is 7. The molecule has 3 heterocycles. The number of halogens is 3. The summed E-state index contributed by atoms with van der Waals surface area (Å²) in [5, 5.41) is 0.126. The van der Waals surface area contributed by atoms with Crippen LogP contribution in [0, 0.1) is 0 Å². The third-order valence-electron chi connectivity index (χ3n) is 2.95. The Balaban J connectivity index is 2.12. The number of thiazole rings is 1. The summed E-state index contributed by atoms with van der Waals surface area (Å²) in [6, 6.07) is 0. The van der Waals surface area contributed by atoms with Crippen molar-refractivity contribution in [3.05, 3.63) is 35.2 Å². The quantitative estimate of drug-likeness (QED) is 0.646. The second-order valence-corrected chi connectivity index (χ2v) is 5.92. The first kappa shape index (κ1) is 16.5. The van der Waals surface area contributed by atoms with E-state index in [4.69, 9.17) is 0 Å². The van der Waals surface area contributed by atoms with Crippen molar-refractivity contribution in [2.24, 2.45) is 0 Å². The van der Waals surface area contributed by atoms with Crippen molar-refractivity contribution in [2.45, 2.75) is 0 Å². The van der Waals surface area contributed by atoms with Crippen LogP contribution in [0.3, 0.4) is 0 Å². The lowest BCUT2D eigenvalue weighted by molar-refractivity contribution is 0.0600. The van der Waals surface area contributed by atoms with E-state index < -0.39 is 12.0 Å². The standard InChI is InChI=1S/C13H7F3N4O2S2/c1-22-13(21)12-18-4-8(23-12)7-3-17-11-10(19-7)6(2-9(14)15)5-20(11)24-16/h2-5H,1H3. The van der Waals surface area contributed by atoms with Gasteiger partial charge < -0.3 is 4.74 Å². The van der Waals surface area contributed by atoms with E-state index in [-0.39, 0.29) is 34.1 Å². The summed E-state index contributed by atoms with van der Waals surface area (Å²) in [5.41, 5.74) is 0.572. The fourth-order valence-electron chi connectivity index (χ4n) is 1.95. The summed E-state index contributed by atoms with van der Waals surface area (Å²) in [7, 11) is 1.23. The molecule has 3 aromatic heterocycles. The van der Waals surface area contributed by atoms with Crippen molar-refractivity contribution < 1.29 is 22.2 Å². The molecule has 0 bridgehead atoms. The SMILES string of the molecule is COC(=O)c1ncc(-c2cnc3c(n2)c(C=C(F)F)cn3SF)s1. The van der Waals surface area contributed by atoms with Crippen LogP contribution in [0.15, 0.2) is 24.7 Å². The third-order valence-corrected chi connectivity index (χ3v) is 4.38. The van der Waals surface area contributed by atoms with E-state index in [1.807, 2.05) is 0 Å². The molecule has 0 aliphatic rings. The Morgan fingerprint density at radius 3 is 2.83 bits per heavy atom. The zero-order valence-corrected chi connectivity index (χ0v) is 13.5. The molecule has 124 valence electrons. The molecule has 0 N–H and O–H groups in total. The zero-order chi connectivity index (χ0) is 17.3. The molecule has 0 saturated carbocycles. The molecule has 0 saturated heterocycles. The molecule has 11 heteroatoms. The van der Waals surface area contributed by atoms with Crippen molar-refractivity contribution in [1.82, 2.24) is 18.9 Å². The maximum Gasteiger partial charge on any atom is 0.367 e. The van der Waals surface area contributed by atoms with Crippen LogP contribution in [-0.2, 0) is 4.74 Å². The van der Waals surface area contributed by atoms with Gasteiger partial charge in [0.2, 0.25) is 5.01 Å². The van der Waals surface area contributed by atoms with Gasteiger partial charge >= 0.3 is 5.97 Å². The monoisotopic (exact) mass is 372 g/mol. The lowest BCUT2D eigenvalue weighted by Gasteiger charge is -1.98. The molecule has 0 amide bonds. The smallest absolute Gasteiger partial charge is 0.367 e. The Kier molecular flexibility index (Phi) is 4.53. The summed E-state index contributed by atoms with van der Waals surface area (Å²) >= 11 is 0.850. The average molecular weight is 372 g/mol. The molecule has 0 aromatic carbocycles. The van der Waals surface area contributed by atoms with E-state index in [0.717, 1.165) is 15.3 Å². The van der Waals surface area contributed by atoms with Gasteiger partial charge in [-0.05, 0) is 0 Å². The second-order valence-electron chi connectivity index (χ2n) is 4.36. The molecular formula is C13H7F3N4O2S2. The summed E-state index contributed by atoms with van der Waals surface area (Å²) in [5.74, 6) is -0.594. The van der Waals surface area contributed by atoms with Crippen LogP contribution < -0.4 is 0 Å². The number of methoxy groups -OCH3 is 1. The van der Waals surface area contributed by atoms with Crippen molar-refractivity contribution in [2.75, 3.05) is 7.11 Å². The second kappa shape index (κ2) is 6.61. The highest BCUT2D eigenvalue weighted by molar-refractivity contribution is 7.92. The fraction of sp³-hybridized carbons (Fsp3) is 0.0769. The maximum absolute atomic E-state index is 12.9. The molecule has 0 unspecified atom stereocenters. The van der Waals surface area contributed by atoms with Gasteiger partial charge in [-0.25, -0.2) is 23.7 Å². The molecule has 0 atom stereocenters. The molecular weight excluding hydrogens is 365 g/mol. The Hall–Kier alpha value is -2.40. The van der Waals surface area contributed by atoms with Gasteiger partial charge in [-0.1, -0.05) is 0 Å². The van der Waals surface area contributed by atoms with Crippen molar-refractivity contribution in [3.8, 4) is 10.6 Å². The molecule has 0 aliphatic carbocycles. The Morgan fingerprint density at radius 2 is 2.17 bits per heavy atom. The van der Waals surface area contributed by atoms with Crippen LogP contribution in [-0.4, -0.2) is 32.0 Å². The molecule has 6 nitrogen and oxygen atoms in total. The highest BCUT2D eigenvalue weighted by Gasteiger charge is 2.16. The van der Waals surface area contributed by atoms with Gasteiger partial charge in [0.25, 0.3) is 6.08 Å². The van der Waals surface area contributed by atoms with Gasteiger partial charge in [0, 0.05) is 24.0 Å². The molecule has 0 radical (unpaired) electrons. The van der Waals surface area contributed by atoms with Crippen LogP contribution in [0.4, 0.5) is 12.7 Å². The van der Waals surface area contributed by atoms with Crippen molar-refractivity contribution in [1.29, 1.82) is 0 Å². The van der Waals surface area contributed by atoms with Gasteiger partial charge in [0.15, 0.2) is 18.0 Å². The number of ether oxygens (including phenoxy) is 1. The third kappa shape index (κ3) is 2.99. The largest absolute Gasteiger partial charge is 0.464 e. The highest BCUT2D eigenvalue weighted by Crippen LogP contribution is 2.30. The molecule has 3 rings (SSSR count). The number of carbonyl (C=O) groups is 1. The minimum atomic E-state index is -1.93. The lowest BCUT2D eigenvalue weighted by atomic mass is 10.3. The Morgan fingerprint density at radius 1 is 1.38 bits per heavy atom. The van der Waals surface area contributed by atoms with E-state index in [1.165, 1.54) is 25.7 Å². The fourth-order valence-corrected chi connectivity index (χ4v) is 3.10. The normalized spacial score (nSPS) is 10.8. The van der Waals surface area contributed by atoms with E-state index in [1.54, 1.807) is 0 Å². The van der Waals surface area contributed by atoms with Crippen LogP contribution in [0.2, 0.25) is 0 Å². The number of nitrogens with zero attached hydrogens (tertiary/aromatic N) is 4. The van der Waals surface area contributed by atoms with Gasteiger partial charge in [-0.2, -0.15) is 8.78 Å². The predicted octanol–water partition coefficient (Wildman–Crippen LogP) is 3.96.